The molecule has 0 aliphatic heterocycles. The summed E-state index contributed by atoms with van der Waals surface area (Å²) in [5.41, 5.74) is 10.1. The van der Waals surface area contributed by atoms with Crippen LogP contribution in [0.2, 0.25) is 0 Å². The molecule has 4 N–H and O–H groups in total. The molecule has 0 saturated carbocycles. The third-order valence-electron chi connectivity index (χ3n) is 3.53. The number of carbonyl (C=O) groups is 1. The third-order valence-corrected chi connectivity index (χ3v) is 4.69. The summed E-state index contributed by atoms with van der Waals surface area (Å²) in [4.78, 5) is 14.7. The van der Waals surface area contributed by atoms with Gasteiger partial charge in [0.15, 0.2) is 21.6 Å². The molecule has 1 unspecified atom stereocenters. The average Bonchev–Trinajstić information content (AvgIpc) is 2.42. The van der Waals surface area contributed by atoms with Crippen LogP contribution in [-0.2, 0) is 9.84 Å². The van der Waals surface area contributed by atoms with Crippen LogP contribution in [0.5, 0.6) is 0 Å². The highest BCUT2D eigenvalue weighted by molar-refractivity contribution is 7.90. The monoisotopic (exact) mass is 343 g/mol. The number of nitrogens with zero attached hydrogens (tertiary/aromatic N) is 1. The summed E-state index contributed by atoms with van der Waals surface area (Å²) < 4.78 is 38.8. The lowest BCUT2D eigenvalue weighted by Crippen LogP contribution is -2.24. The molecule has 1 atom stereocenters. The van der Waals surface area contributed by atoms with Crippen molar-refractivity contribution in [3.05, 3.63) is 29.1 Å². The van der Waals surface area contributed by atoms with E-state index in [1.165, 1.54) is 12.1 Å². The van der Waals surface area contributed by atoms with Gasteiger partial charge in [-0.2, -0.15) is 4.99 Å². The molecule has 1 rings (SSSR count). The molecule has 1 amide bonds. The maximum atomic E-state index is 14.7. The Morgan fingerprint density at radius 3 is 2.35 bits per heavy atom. The fraction of sp³-hybridized carbons (Fsp3) is 0.467. The highest BCUT2D eigenvalue weighted by Gasteiger charge is 2.27. The summed E-state index contributed by atoms with van der Waals surface area (Å²) in [7, 11) is -3.86. The van der Waals surface area contributed by atoms with Gasteiger partial charge in [-0.1, -0.05) is 26.3 Å². The second-order valence-electron chi connectivity index (χ2n) is 5.35. The Labute approximate surface area is 135 Å². The Kier molecular flexibility index (Phi) is 6.26. The Balaban J connectivity index is 3.62. The zero-order valence-electron chi connectivity index (χ0n) is 13.5. The quantitative estimate of drug-likeness (QED) is 0.605. The topological polar surface area (TPSA) is 116 Å². The van der Waals surface area contributed by atoms with Gasteiger partial charge >= 0.3 is 0 Å². The van der Waals surface area contributed by atoms with Gasteiger partial charge in [-0.05, 0) is 30.4 Å². The molecule has 0 aliphatic carbocycles. The molecule has 1 aromatic rings. The van der Waals surface area contributed by atoms with Crippen LogP contribution < -0.4 is 11.5 Å². The van der Waals surface area contributed by atoms with Gasteiger partial charge in [0, 0.05) is 6.26 Å². The van der Waals surface area contributed by atoms with Gasteiger partial charge in [0.1, 0.15) is 4.90 Å². The second kappa shape index (κ2) is 7.54. The molecule has 128 valence electrons. The highest BCUT2D eigenvalue weighted by Crippen LogP contribution is 2.33. The minimum Gasteiger partial charge on any atom is -0.370 e. The number of carbonyl (C=O) groups excluding carboxylic acids is 1. The molecule has 0 saturated heterocycles. The van der Waals surface area contributed by atoms with Gasteiger partial charge < -0.3 is 11.5 Å². The van der Waals surface area contributed by atoms with Crippen molar-refractivity contribution >= 4 is 21.7 Å². The van der Waals surface area contributed by atoms with E-state index in [4.69, 9.17) is 11.5 Å². The summed E-state index contributed by atoms with van der Waals surface area (Å²) in [5.74, 6) is -2.74. The number of hydrogen-bond donors (Lipinski definition) is 2. The lowest BCUT2D eigenvalue weighted by Gasteiger charge is -2.19. The van der Waals surface area contributed by atoms with Gasteiger partial charge in [0.25, 0.3) is 5.91 Å². The van der Waals surface area contributed by atoms with Crippen LogP contribution in [0.4, 0.5) is 4.39 Å². The number of guanidine groups is 1. The first-order valence-corrected chi connectivity index (χ1v) is 9.18. The Bertz CT molecular complexity index is 726. The van der Waals surface area contributed by atoms with E-state index in [1.807, 2.05) is 13.8 Å². The number of hydrogen-bond acceptors (Lipinski definition) is 3. The summed E-state index contributed by atoms with van der Waals surface area (Å²) in [5, 5.41) is 0. The zero-order valence-corrected chi connectivity index (χ0v) is 14.3. The molecule has 0 aliphatic rings. The van der Waals surface area contributed by atoms with Gasteiger partial charge in [-0.15, -0.1) is 0 Å². The summed E-state index contributed by atoms with van der Waals surface area (Å²) in [6.07, 6.45) is 3.14. The van der Waals surface area contributed by atoms with Crippen LogP contribution >= 0.6 is 0 Å². The largest absolute Gasteiger partial charge is 0.370 e. The maximum Gasteiger partial charge on any atom is 0.283 e. The molecule has 8 heteroatoms. The summed E-state index contributed by atoms with van der Waals surface area (Å²) in [6, 6.07) is 2.70. The first kappa shape index (κ1) is 19.1. The van der Waals surface area contributed by atoms with Crippen molar-refractivity contribution in [1.82, 2.24) is 0 Å². The smallest absolute Gasteiger partial charge is 0.283 e. The number of benzene rings is 1. The van der Waals surface area contributed by atoms with Gasteiger partial charge in [-0.3, -0.25) is 4.79 Å². The molecular weight excluding hydrogens is 321 g/mol. The summed E-state index contributed by atoms with van der Waals surface area (Å²) >= 11 is 0. The van der Waals surface area contributed by atoms with Gasteiger partial charge in [0.05, 0.1) is 5.56 Å². The van der Waals surface area contributed by atoms with Gasteiger partial charge in [0.2, 0.25) is 0 Å². The fourth-order valence-corrected chi connectivity index (χ4v) is 3.64. The van der Waals surface area contributed by atoms with Crippen molar-refractivity contribution in [2.24, 2.45) is 16.5 Å². The normalized spacial score (nSPS) is 12.7. The molecule has 0 aromatic heterocycles. The van der Waals surface area contributed by atoms with E-state index in [9.17, 15) is 17.6 Å². The number of halogens is 1. The number of aliphatic imine (C=N–C) groups is 1. The molecular formula is C15H22FN3O3S. The Morgan fingerprint density at radius 1 is 1.30 bits per heavy atom. The van der Waals surface area contributed by atoms with E-state index in [0.29, 0.717) is 12.0 Å². The van der Waals surface area contributed by atoms with E-state index in [0.717, 1.165) is 19.1 Å². The number of amides is 1. The van der Waals surface area contributed by atoms with E-state index in [2.05, 4.69) is 4.99 Å². The Hall–Kier alpha value is -1.96. The number of nitrogens with two attached hydrogens (primary N) is 2. The number of rotatable bonds is 6. The van der Waals surface area contributed by atoms with Crippen molar-refractivity contribution in [2.45, 2.75) is 43.9 Å². The van der Waals surface area contributed by atoms with Crippen LogP contribution in [0, 0.1) is 5.82 Å². The predicted octanol–water partition coefficient (Wildman–Crippen LogP) is 1.94. The van der Waals surface area contributed by atoms with E-state index < -0.39 is 38.0 Å². The van der Waals surface area contributed by atoms with Crippen LogP contribution in [-0.4, -0.2) is 26.5 Å². The van der Waals surface area contributed by atoms with Crippen LogP contribution in [0.15, 0.2) is 22.0 Å². The highest BCUT2D eigenvalue weighted by atomic mass is 32.2. The van der Waals surface area contributed by atoms with E-state index >= 15 is 0 Å². The van der Waals surface area contributed by atoms with Crippen LogP contribution in [0.3, 0.4) is 0 Å². The third kappa shape index (κ3) is 4.51. The molecule has 0 spiro atoms. The Morgan fingerprint density at radius 2 is 1.91 bits per heavy atom. The lowest BCUT2D eigenvalue weighted by atomic mass is 9.91. The first-order valence-electron chi connectivity index (χ1n) is 7.29. The average molecular weight is 343 g/mol. The van der Waals surface area contributed by atoms with Crippen molar-refractivity contribution in [2.75, 3.05) is 6.26 Å². The minimum atomic E-state index is -3.86. The predicted molar refractivity (Wildman–Crippen MR) is 87.6 cm³/mol. The number of sulfone groups is 1. The van der Waals surface area contributed by atoms with Crippen LogP contribution in [0.1, 0.15) is 54.9 Å². The molecule has 0 fully saturated rings. The first-order chi connectivity index (χ1) is 10.6. The molecule has 1 aromatic carbocycles. The second-order valence-corrected chi connectivity index (χ2v) is 7.31. The summed E-state index contributed by atoms with van der Waals surface area (Å²) in [6.45, 7) is 3.87. The molecule has 6 nitrogen and oxygen atoms in total. The molecule has 23 heavy (non-hydrogen) atoms. The van der Waals surface area contributed by atoms with Gasteiger partial charge in [-0.25, -0.2) is 12.8 Å². The van der Waals surface area contributed by atoms with Crippen LogP contribution in [0.25, 0.3) is 0 Å². The van der Waals surface area contributed by atoms with Crippen molar-refractivity contribution < 1.29 is 17.6 Å². The SMILES string of the molecule is CCCC(CC)c1ccc(C(=O)N=C(N)N)c(F)c1S(C)(=O)=O. The molecule has 0 bridgehead atoms. The van der Waals surface area contributed by atoms with Crippen molar-refractivity contribution in [1.29, 1.82) is 0 Å². The fourth-order valence-electron chi connectivity index (χ4n) is 2.54. The van der Waals surface area contributed by atoms with E-state index in [-0.39, 0.29) is 5.92 Å². The van der Waals surface area contributed by atoms with E-state index in [1.54, 1.807) is 0 Å². The minimum absolute atomic E-state index is 0.105. The molecule has 0 heterocycles. The molecule has 0 radical (unpaired) electrons. The van der Waals surface area contributed by atoms with Crippen molar-refractivity contribution in [3.8, 4) is 0 Å². The maximum absolute atomic E-state index is 14.7. The lowest BCUT2D eigenvalue weighted by molar-refractivity contribution is 0.0998. The standard InChI is InChI=1S/C15H22FN3O3S/c1-4-6-9(5-2)10-7-8-11(14(20)19-15(17)18)12(16)13(10)23(3,21)22/h7-9H,4-6H2,1-3H3,(H4,17,18,19,20). The van der Waals surface area contributed by atoms with Crippen molar-refractivity contribution in [3.63, 3.8) is 0 Å². The zero-order chi connectivity index (χ0) is 17.8.